The first-order valence-corrected chi connectivity index (χ1v) is 4.72. The van der Waals surface area contributed by atoms with Crippen molar-refractivity contribution in [1.82, 2.24) is 0 Å². The standard InChI is InChI=1S/C10H9ClF2O2/c1-2-15-9(14)5-6-8(12)4-3-7(11)10(6)13/h3-4H,2,5H2,1H3. The summed E-state index contributed by atoms with van der Waals surface area (Å²) in [6.45, 7) is 1.78. The third-order valence-electron chi connectivity index (χ3n) is 1.77. The molecule has 0 bridgehead atoms. The Bertz CT molecular complexity index is 380. The Labute approximate surface area is 90.8 Å². The molecule has 1 aromatic carbocycles. The van der Waals surface area contributed by atoms with Crippen LogP contribution in [-0.2, 0) is 16.0 Å². The van der Waals surface area contributed by atoms with Crippen LogP contribution < -0.4 is 0 Å². The van der Waals surface area contributed by atoms with Crippen molar-refractivity contribution in [3.8, 4) is 0 Å². The van der Waals surface area contributed by atoms with Crippen molar-refractivity contribution in [1.29, 1.82) is 0 Å². The minimum absolute atomic E-state index is 0.169. The van der Waals surface area contributed by atoms with Crippen LogP contribution in [0.3, 0.4) is 0 Å². The molecule has 0 heterocycles. The molecule has 0 atom stereocenters. The Morgan fingerprint density at radius 2 is 2.13 bits per heavy atom. The van der Waals surface area contributed by atoms with Crippen LogP contribution in [0.2, 0.25) is 5.02 Å². The van der Waals surface area contributed by atoms with E-state index in [1.54, 1.807) is 6.92 Å². The van der Waals surface area contributed by atoms with Crippen LogP contribution in [0, 0.1) is 11.6 Å². The number of halogens is 3. The van der Waals surface area contributed by atoms with E-state index in [0.29, 0.717) is 0 Å². The van der Waals surface area contributed by atoms with Crippen LogP contribution in [-0.4, -0.2) is 12.6 Å². The van der Waals surface area contributed by atoms with Crippen molar-refractivity contribution < 1.29 is 18.3 Å². The maximum absolute atomic E-state index is 13.3. The normalized spacial score (nSPS) is 10.1. The largest absolute Gasteiger partial charge is 0.466 e. The molecule has 0 saturated carbocycles. The number of carbonyl (C=O) groups excluding carboxylic acids is 1. The van der Waals surface area contributed by atoms with E-state index in [1.165, 1.54) is 0 Å². The summed E-state index contributed by atoms with van der Waals surface area (Å²) in [5, 5.41) is -0.212. The van der Waals surface area contributed by atoms with Crippen molar-refractivity contribution in [2.45, 2.75) is 13.3 Å². The van der Waals surface area contributed by atoms with Gasteiger partial charge in [-0.3, -0.25) is 4.79 Å². The van der Waals surface area contributed by atoms with Gasteiger partial charge in [-0.1, -0.05) is 11.6 Å². The molecule has 0 aliphatic carbocycles. The summed E-state index contributed by atoms with van der Waals surface area (Å²) in [4.78, 5) is 11.0. The SMILES string of the molecule is CCOC(=O)Cc1c(F)ccc(Cl)c1F. The first kappa shape index (κ1) is 11.9. The molecule has 0 fully saturated rings. The molecule has 2 nitrogen and oxygen atoms in total. The number of rotatable bonds is 3. The zero-order valence-corrected chi connectivity index (χ0v) is 8.78. The third kappa shape index (κ3) is 2.89. The topological polar surface area (TPSA) is 26.3 Å². The second kappa shape index (κ2) is 5.07. The first-order valence-electron chi connectivity index (χ1n) is 4.34. The van der Waals surface area contributed by atoms with E-state index in [1.807, 2.05) is 0 Å². The zero-order chi connectivity index (χ0) is 11.4. The molecule has 1 aromatic rings. The lowest BCUT2D eigenvalue weighted by Crippen LogP contribution is -2.10. The van der Waals surface area contributed by atoms with Crippen LogP contribution in [0.4, 0.5) is 8.78 Å². The minimum atomic E-state index is -0.912. The molecule has 0 aliphatic rings. The highest BCUT2D eigenvalue weighted by molar-refractivity contribution is 6.30. The molecule has 5 heteroatoms. The fourth-order valence-electron chi connectivity index (χ4n) is 1.09. The smallest absolute Gasteiger partial charge is 0.310 e. The minimum Gasteiger partial charge on any atom is -0.466 e. The Kier molecular flexibility index (Phi) is 4.03. The van der Waals surface area contributed by atoms with Gasteiger partial charge in [-0.15, -0.1) is 0 Å². The van der Waals surface area contributed by atoms with Gasteiger partial charge in [0.05, 0.1) is 18.1 Å². The first-order chi connectivity index (χ1) is 7.06. The maximum atomic E-state index is 13.3. The lowest BCUT2D eigenvalue weighted by molar-refractivity contribution is -0.142. The predicted octanol–water partition coefficient (Wildman–Crippen LogP) is 2.72. The highest BCUT2D eigenvalue weighted by Gasteiger charge is 2.16. The zero-order valence-electron chi connectivity index (χ0n) is 8.02. The Morgan fingerprint density at radius 1 is 1.47 bits per heavy atom. The number of hydrogen-bond donors (Lipinski definition) is 0. The second-order valence-electron chi connectivity index (χ2n) is 2.80. The number of esters is 1. The summed E-state index contributed by atoms with van der Waals surface area (Å²) in [7, 11) is 0. The molecule has 0 radical (unpaired) electrons. The molecule has 0 aromatic heterocycles. The highest BCUT2D eigenvalue weighted by Crippen LogP contribution is 2.21. The molecule has 0 unspecified atom stereocenters. The summed E-state index contributed by atoms with van der Waals surface area (Å²) in [6, 6.07) is 2.11. The van der Waals surface area contributed by atoms with Crippen LogP contribution >= 0.6 is 11.6 Å². The molecular formula is C10H9ClF2O2. The van der Waals surface area contributed by atoms with E-state index < -0.39 is 24.0 Å². The van der Waals surface area contributed by atoms with Crippen LogP contribution in [0.1, 0.15) is 12.5 Å². The molecule has 1 rings (SSSR count). The quantitative estimate of drug-likeness (QED) is 0.594. The third-order valence-corrected chi connectivity index (χ3v) is 2.06. The van der Waals surface area contributed by atoms with E-state index in [0.717, 1.165) is 12.1 Å². The number of carbonyl (C=O) groups is 1. The van der Waals surface area contributed by atoms with Crippen LogP contribution in [0.25, 0.3) is 0 Å². The monoisotopic (exact) mass is 234 g/mol. The molecule has 0 spiro atoms. The van der Waals surface area contributed by atoms with Gasteiger partial charge in [0.15, 0.2) is 0 Å². The number of hydrogen-bond acceptors (Lipinski definition) is 2. The van der Waals surface area contributed by atoms with Gasteiger partial charge in [0.1, 0.15) is 11.6 Å². The summed E-state index contributed by atoms with van der Waals surface area (Å²) in [5.74, 6) is -2.40. The maximum Gasteiger partial charge on any atom is 0.310 e. The van der Waals surface area contributed by atoms with Crippen molar-refractivity contribution in [3.63, 3.8) is 0 Å². The van der Waals surface area contributed by atoms with E-state index in [-0.39, 0.29) is 17.2 Å². The van der Waals surface area contributed by atoms with Gasteiger partial charge in [0, 0.05) is 5.56 Å². The lowest BCUT2D eigenvalue weighted by atomic mass is 10.1. The Hall–Kier alpha value is -1.16. The van der Waals surface area contributed by atoms with Crippen molar-refractivity contribution >= 4 is 17.6 Å². The van der Waals surface area contributed by atoms with Crippen LogP contribution in [0.15, 0.2) is 12.1 Å². The van der Waals surface area contributed by atoms with E-state index >= 15 is 0 Å². The van der Waals surface area contributed by atoms with Crippen LogP contribution in [0.5, 0.6) is 0 Å². The average molecular weight is 235 g/mol. The van der Waals surface area contributed by atoms with E-state index in [2.05, 4.69) is 4.74 Å². The fourth-order valence-corrected chi connectivity index (χ4v) is 1.26. The Morgan fingerprint density at radius 3 is 2.73 bits per heavy atom. The second-order valence-corrected chi connectivity index (χ2v) is 3.21. The summed E-state index contributed by atoms with van der Waals surface area (Å²) >= 11 is 5.45. The fraction of sp³-hybridized carbons (Fsp3) is 0.300. The molecule has 0 aliphatic heterocycles. The summed E-state index contributed by atoms with van der Waals surface area (Å²) < 4.78 is 31.0. The molecule has 15 heavy (non-hydrogen) atoms. The summed E-state index contributed by atoms with van der Waals surface area (Å²) in [5.41, 5.74) is -0.360. The van der Waals surface area contributed by atoms with Gasteiger partial charge in [-0.2, -0.15) is 0 Å². The van der Waals surface area contributed by atoms with Crippen molar-refractivity contribution in [2.75, 3.05) is 6.61 Å². The van der Waals surface area contributed by atoms with Crippen molar-refractivity contribution in [2.24, 2.45) is 0 Å². The highest BCUT2D eigenvalue weighted by atomic mass is 35.5. The predicted molar refractivity (Wildman–Crippen MR) is 51.7 cm³/mol. The Balaban J connectivity index is 2.93. The molecule has 0 saturated heterocycles. The molecule has 82 valence electrons. The van der Waals surface area contributed by atoms with Gasteiger partial charge in [0.25, 0.3) is 0 Å². The van der Waals surface area contributed by atoms with E-state index in [4.69, 9.17) is 11.6 Å². The summed E-state index contributed by atoms with van der Waals surface area (Å²) in [6.07, 6.45) is -0.452. The molecular weight excluding hydrogens is 226 g/mol. The number of ether oxygens (including phenoxy) is 1. The van der Waals surface area contributed by atoms with Gasteiger partial charge in [-0.25, -0.2) is 8.78 Å². The van der Waals surface area contributed by atoms with Crippen molar-refractivity contribution in [3.05, 3.63) is 34.4 Å². The number of benzene rings is 1. The van der Waals surface area contributed by atoms with E-state index in [9.17, 15) is 13.6 Å². The van der Waals surface area contributed by atoms with Gasteiger partial charge >= 0.3 is 5.97 Å². The average Bonchev–Trinajstić information content (AvgIpc) is 2.19. The van der Waals surface area contributed by atoms with Gasteiger partial charge in [0.2, 0.25) is 0 Å². The van der Waals surface area contributed by atoms with Gasteiger partial charge < -0.3 is 4.74 Å². The lowest BCUT2D eigenvalue weighted by Gasteiger charge is -2.05. The molecule has 0 amide bonds. The molecule has 0 N–H and O–H groups in total. The van der Waals surface area contributed by atoms with Gasteiger partial charge in [-0.05, 0) is 19.1 Å².